The molecule has 0 radical (unpaired) electrons. The Balaban J connectivity index is 2.07. The number of amides is 1. The third-order valence-corrected chi connectivity index (χ3v) is 3.17. The van der Waals surface area contributed by atoms with Crippen molar-refractivity contribution in [3.63, 3.8) is 0 Å². The fraction of sp³-hybridized carbons (Fsp3) is 0.500. The normalized spacial score (nSPS) is 19.6. The SMILES string of the molecule is NCC1CCCN1C(=O)Cn1ccccc1=O. The highest BCUT2D eigenvalue weighted by Crippen LogP contribution is 2.16. The maximum atomic E-state index is 12.0. The Bertz CT molecular complexity index is 455. The molecular formula is C12H17N3O2. The minimum Gasteiger partial charge on any atom is -0.337 e. The summed E-state index contributed by atoms with van der Waals surface area (Å²) in [6.45, 7) is 1.36. The van der Waals surface area contributed by atoms with Crippen LogP contribution in [0.1, 0.15) is 12.8 Å². The zero-order valence-electron chi connectivity index (χ0n) is 9.71. The highest BCUT2D eigenvalue weighted by molar-refractivity contribution is 5.76. The van der Waals surface area contributed by atoms with Gasteiger partial charge in [0.05, 0.1) is 0 Å². The molecule has 1 unspecified atom stereocenters. The maximum Gasteiger partial charge on any atom is 0.250 e. The second kappa shape index (κ2) is 5.14. The van der Waals surface area contributed by atoms with E-state index < -0.39 is 0 Å². The molecule has 0 spiro atoms. The van der Waals surface area contributed by atoms with Gasteiger partial charge in [-0.2, -0.15) is 0 Å². The van der Waals surface area contributed by atoms with Crippen molar-refractivity contribution in [3.8, 4) is 0 Å². The lowest BCUT2D eigenvalue weighted by atomic mass is 10.2. The van der Waals surface area contributed by atoms with E-state index in [0.29, 0.717) is 6.54 Å². The first-order valence-electron chi connectivity index (χ1n) is 5.87. The summed E-state index contributed by atoms with van der Waals surface area (Å²) in [5, 5.41) is 0. The van der Waals surface area contributed by atoms with E-state index in [-0.39, 0.29) is 24.1 Å². The van der Waals surface area contributed by atoms with Crippen LogP contribution in [0.15, 0.2) is 29.2 Å². The number of likely N-dealkylation sites (tertiary alicyclic amines) is 1. The van der Waals surface area contributed by atoms with Crippen molar-refractivity contribution >= 4 is 5.91 Å². The van der Waals surface area contributed by atoms with Gasteiger partial charge in [-0.15, -0.1) is 0 Å². The summed E-state index contributed by atoms with van der Waals surface area (Å²) in [7, 11) is 0. The number of carbonyl (C=O) groups is 1. The molecule has 17 heavy (non-hydrogen) atoms. The van der Waals surface area contributed by atoms with Crippen molar-refractivity contribution in [2.45, 2.75) is 25.4 Å². The molecule has 1 amide bonds. The predicted octanol–water partition coefficient (Wildman–Crippen LogP) is -0.202. The third-order valence-electron chi connectivity index (χ3n) is 3.17. The van der Waals surface area contributed by atoms with Crippen molar-refractivity contribution in [1.82, 2.24) is 9.47 Å². The summed E-state index contributed by atoms with van der Waals surface area (Å²) in [4.78, 5) is 25.3. The third kappa shape index (κ3) is 2.55. The molecular weight excluding hydrogens is 218 g/mol. The molecule has 0 saturated carbocycles. The summed E-state index contributed by atoms with van der Waals surface area (Å²) in [5.74, 6) is -0.0220. The predicted molar refractivity (Wildman–Crippen MR) is 64.5 cm³/mol. The van der Waals surface area contributed by atoms with Gasteiger partial charge in [-0.1, -0.05) is 6.07 Å². The molecule has 2 heterocycles. The van der Waals surface area contributed by atoms with Gasteiger partial charge in [-0.25, -0.2) is 0 Å². The lowest BCUT2D eigenvalue weighted by Crippen LogP contribution is -2.42. The summed E-state index contributed by atoms with van der Waals surface area (Å²) in [6, 6.07) is 5.01. The fourth-order valence-electron chi connectivity index (χ4n) is 2.24. The van der Waals surface area contributed by atoms with Crippen molar-refractivity contribution < 1.29 is 4.79 Å². The Morgan fingerprint density at radius 3 is 3.00 bits per heavy atom. The summed E-state index contributed by atoms with van der Waals surface area (Å²) in [6.07, 6.45) is 3.59. The first-order valence-corrected chi connectivity index (χ1v) is 5.87. The number of hydrogen-bond donors (Lipinski definition) is 1. The van der Waals surface area contributed by atoms with Gasteiger partial charge < -0.3 is 15.2 Å². The molecule has 2 rings (SSSR count). The average Bonchev–Trinajstić information content (AvgIpc) is 2.80. The van der Waals surface area contributed by atoms with Crippen molar-refractivity contribution in [1.29, 1.82) is 0 Å². The lowest BCUT2D eigenvalue weighted by molar-refractivity contribution is -0.132. The Labute approximate surface area is 99.8 Å². The molecule has 1 atom stereocenters. The van der Waals surface area contributed by atoms with Gasteiger partial charge in [0.25, 0.3) is 5.56 Å². The van der Waals surface area contributed by atoms with E-state index in [1.165, 1.54) is 10.6 Å². The van der Waals surface area contributed by atoms with E-state index >= 15 is 0 Å². The van der Waals surface area contributed by atoms with Gasteiger partial charge in [-0.3, -0.25) is 9.59 Å². The van der Waals surface area contributed by atoms with Gasteiger partial charge in [0.15, 0.2) is 0 Å². The van der Waals surface area contributed by atoms with Gasteiger partial charge in [-0.05, 0) is 18.9 Å². The monoisotopic (exact) mass is 235 g/mol. The molecule has 0 aliphatic carbocycles. The van der Waals surface area contributed by atoms with E-state index in [0.717, 1.165) is 19.4 Å². The van der Waals surface area contributed by atoms with Crippen molar-refractivity contribution in [3.05, 3.63) is 34.7 Å². The zero-order valence-corrected chi connectivity index (χ0v) is 9.71. The molecule has 0 bridgehead atoms. The van der Waals surface area contributed by atoms with Crippen LogP contribution in [0.4, 0.5) is 0 Å². The molecule has 0 aromatic carbocycles. The van der Waals surface area contributed by atoms with Crippen LogP contribution in [-0.4, -0.2) is 34.5 Å². The first kappa shape index (κ1) is 11.9. The first-order chi connectivity index (χ1) is 8.22. The molecule has 1 aromatic rings. The molecule has 5 nitrogen and oxygen atoms in total. The number of hydrogen-bond acceptors (Lipinski definition) is 3. The van der Waals surface area contributed by atoms with Crippen LogP contribution in [-0.2, 0) is 11.3 Å². The maximum absolute atomic E-state index is 12.0. The van der Waals surface area contributed by atoms with Crippen LogP contribution in [0.2, 0.25) is 0 Å². The number of nitrogens with zero attached hydrogens (tertiary/aromatic N) is 2. The zero-order chi connectivity index (χ0) is 12.3. The Morgan fingerprint density at radius 2 is 2.29 bits per heavy atom. The van der Waals surface area contributed by atoms with Crippen LogP contribution in [0.5, 0.6) is 0 Å². The molecule has 1 aliphatic heterocycles. The molecule has 92 valence electrons. The molecule has 1 aliphatic rings. The highest BCUT2D eigenvalue weighted by Gasteiger charge is 2.27. The number of carbonyl (C=O) groups excluding carboxylic acids is 1. The number of pyridine rings is 1. The summed E-state index contributed by atoms with van der Waals surface area (Å²) < 4.78 is 1.42. The molecule has 1 aromatic heterocycles. The topological polar surface area (TPSA) is 68.3 Å². The molecule has 2 N–H and O–H groups in total. The van der Waals surface area contributed by atoms with Crippen molar-refractivity contribution in [2.75, 3.05) is 13.1 Å². The summed E-state index contributed by atoms with van der Waals surface area (Å²) >= 11 is 0. The Hall–Kier alpha value is -1.62. The van der Waals surface area contributed by atoms with Crippen LogP contribution in [0.3, 0.4) is 0 Å². The Morgan fingerprint density at radius 1 is 1.47 bits per heavy atom. The quantitative estimate of drug-likeness (QED) is 0.788. The van der Waals surface area contributed by atoms with Crippen LogP contribution in [0.25, 0.3) is 0 Å². The largest absolute Gasteiger partial charge is 0.337 e. The van der Waals surface area contributed by atoms with Crippen LogP contribution < -0.4 is 11.3 Å². The standard InChI is InChI=1S/C12H17N3O2/c13-8-10-4-3-7-15(10)12(17)9-14-6-2-1-5-11(14)16/h1-2,5-6,10H,3-4,7-9,13H2. The van der Waals surface area contributed by atoms with E-state index in [2.05, 4.69) is 0 Å². The average molecular weight is 235 g/mol. The van der Waals surface area contributed by atoms with E-state index in [1.807, 2.05) is 0 Å². The van der Waals surface area contributed by atoms with Crippen LogP contribution >= 0.6 is 0 Å². The number of rotatable bonds is 3. The van der Waals surface area contributed by atoms with Gasteiger partial charge in [0.2, 0.25) is 5.91 Å². The second-order valence-corrected chi connectivity index (χ2v) is 4.29. The van der Waals surface area contributed by atoms with Gasteiger partial charge in [0, 0.05) is 31.4 Å². The number of nitrogens with two attached hydrogens (primary N) is 1. The van der Waals surface area contributed by atoms with E-state index in [9.17, 15) is 9.59 Å². The minimum absolute atomic E-state index is 0.0220. The van der Waals surface area contributed by atoms with Crippen molar-refractivity contribution in [2.24, 2.45) is 5.73 Å². The Kier molecular flexibility index (Phi) is 3.58. The molecule has 1 fully saturated rings. The minimum atomic E-state index is -0.149. The van der Waals surface area contributed by atoms with Gasteiger partial charge >= 0.3 is 0 Å². The van der Waals surface area contributed by atoms with E-state index in [1.54, 1.807) is 23.2 Å². The second-order valence-electron chi connectivity index (χ2n) is 4.29. The number of aromatic nitrogens is 1. The molecule has 5 heteroatoms. The lowest BCUT2D eigenvalue weighted by Gasteiger charge is -2.23. The van der Waals surface area contributed by atoms with Gasteiger partial charge in [0.1, 0.15) is 6.54 Å². The van der Waals surface area contributed by atoms with Crippen LogP contribution in [0, 0.1) is 0 Å². The smallest absolute Gasteiger partial charge is 0.250 e. The molecule has 1 saturated heterocycles. The highest BCUT2D eigenvalue weighted by atomic mass is 16.2. The summed E-state index contributed by atoms with van der Waals surface area (Å²) in [5.41, 5.74) is 5.47. The fourth-order valence-corrected chi connectivity index (χ4v) is 2.24. The van der Waals surface area contributed by atoms with E-state index in [4.69, 9.17) is 5.73 Å².